The Morgan fingerprint density at radius 2 is 1.93 bits per heavy atom. The summed E-state index contributed by atoms with van der Waals surface area (Å²) in [6.45, 7) is 3.87. The molecule has 8 rings (SSSR count). The number of hydrogen-bond acceptors (Lipinski definition) is 7. The lowest BCUT2D eigenvalue weighted by atomic mass is 9.44. The van der Waals surface area contributed by atoms with Gasteiger partial charge in [0.1, 0.15) is 0 Å². The van der Waals surface area contributed by atoms with Crippen molar-refractivity contribution < 1.29 is 28.6 Å². The number of rotatable bonds is 4. The molecular formula is C35H38FNO5S. The van der Waals surface area contributed by atoms with Gasteiger partial charge in [0.2, 0.25) is 0 Å². The van der Waals surface area contributed by atoms with Gasteiger partial charge in [-0.1, -0.05) is 54.6 Å². The Bertz CT molecular complexity index is 1600. The molecule has 6 aliphatic rings. The van der Waals surface area contributed by atoms with Gasteiger partial charge in [0.25, 0.3) is 0 Å². The van der Waals surface area contributed by atoms with E-state index >= 15 is 4.39 Å². The normalized spacial score (nSPS) is 42.4. The predicted molar refractivity (Wildman–Crippen MR) is 161 cm³/mol. The lowest BCUT2D eigenvalue weighted by Gasteiger charge is -2.62. The SMILES string of the molecule is CC12C[C@H](O)[C@@]3(F)C(CCC4=CC(=O)C=CC43C)C1C[C@H]1OC3(CCCC3)O[C@]12C(=O)CSc1ccc2ccccc2n1. The second-order valence-electron chi connectivity index (χ2n) is 14.1. The van der Waals surface area contributed by atoms with Gasteiger partial charge < -0.3 is 14.6 Å². The highest BCUT2D eigenvalue weighted by molar-refractivity contribution is 7.99. The summed E-state index contributed by atoms with van der Waals surface area (Å²) in [7, 11) is 0. The smallest absolute Gasteiger partial charge is 0.178 e. The molecule has 0 bridgehead atoms. The number of pyridine rings is 1. The molecule has 4 unspecified atom stereocenters. The van der Waals surface area contributed by atoms with Crippen LogP contribution in [-0.4, -0.2) is 56.7 Å². The van der Waals surface area contributed by atoms with E-state index in [2.05, 4.69) is 0 Å². The number of ether oxygens (including phenoxy) is 2. The van der Waals surface area contributed by atoms with E-state index in [0.717, 1.165) is 47.2 Å². The highest BCUT2D eigenvalue weighted by Gasteiger charge is 2.80. The van der Waals surface area contributed by atoms with Crippen LogP contribution in [-0.2, 0) is 19.1 Å². The van der Waals surface area contributed by atoms with Gasteiger partial charge in [-0.3, -0.25) is 9.59 Å². The maximum atomic E-state index is 17.7. The third-order valence-corrected chi connectivity index (χ3v) is 13.1. The van der Waals surface area contributed by atoms with Crippen molar-refractivity contribution in [3.63, 3.8) is 0 Å². The van der Waals surface area contributed by atoms with E-state index in [-0.39, 0.29) is 29.7 Å². The third-order valence-electron chi connectivity index (χ3n) is 12.2. The molecule has 8 heteroatoms. The topological polar surface area (TPSA) is 85.7 Å². The molecule has 0 radical (unpaired) electrons. The van der Waals surface area contributed by atoms with Crippen molar-refractivity contribution >= 4 is 34.2 Å². The molecule has 0 amide bonds. The Morgan fingerprint density at radius 1 is 1.14 bits per heavy atom. The van der Waals surface area contributed by atoms with Crippen LogP contribution in [0.25, 0.3) is 10.9 Å². The first kappa shape index (κ1) is 28.1. The van der Waals surface area contributed by atoms with E-state index in [0.29, 0.717) is 19.3 Å². The number of thioether (sulfide) groups is 1. The number of aliphatic hydroxyl groups is 1. The van der Waals surface area contributed by atoms with Crippen molar-refractivity contribution in [1.29, 1.82) is 0 Å². The van der Waals surface area contributed by atoms with Gasteiger partial charge >= 0.3 is 0 Å². The molecule has 226 valence electrons. The van der Waals surface area contributed by atoms with Gasteiger partial charge in [0.05, 0.1) is 28.5 Å². The van der Waals surface area contributed by atoms with Crippen molar-refractivity contribution in [2.45, 2.75) is 99.5 Å². The van der Waals surface area contributed by atoms with Gasteiger partial charge in [-0.15, -0.1) is 0 Å². The number of Topliss-reactive ketones (excluding diaryl/α,β-unsaturated/α-hetero) is 1. The fourth-order valence-corrected chi connectivity index (χ4v) is 11.0. The Kier molecular flexibility index (Phi) is 6.09. The van der Waals surface area contributed by atoms with Gasteiger partial charge in [0, 0.05) is 35.0 Å². The summed E-state index contributed by atoms with van der Waals surface area (Å²) < 4.78 is 31.5. The number of nitrogens with zero attached hydrogens (tertiary/aromatic N) is 1. The molecule has 1 aliphatic heterocycles. The van der Waals surface area contributed by atoms with E-state index in [1.54, 1.807) is 12.2 Å². The highest BCUT2D eigenvalue weighted by Crippen LogP contribution is 2.73. The van der Waals surface area contributed by atoms with Crippen molar-refractivity contribution in [3.05, 3.63) is 60.2 Å². The van der Waals surface area contributed by atoms with Crippen LogP contribution in [0, 0.1) is 22.7 Å². The first-order chi connectivity index (χ1) is 20.5. The molecule has 1 spiro atoms. The Morgan fingerprint density at radius 3 is 2.74 bits per heavy atom. The number of aromatic nitrogens is 1. The van der Waals surface area contributed by atoms with Crippen molar-refractivity contribution in [3.8, 4) is 0 Å². The molecule has 1 aromatic carbocycles. The Hall–Kier alpha value is -2.39. The van der Waals surface area contributed by atoms with Crippen molar-refractivity contribution in [2.75, 3.05) is 5.75 Å². The zero-order chi connectivity index (χ0) is 29.8. The summed E-state index contributed by atoms with van der Waals surface area (Å²) in [6, 6.07) is 11.9. The third kappa shape index (κ3) is 3.61. The van der Waals surface area contributed by atoms with Gasteiger partial charge in [-0.05, 0) is 75.7 Å². The van der Waals surface area contributed by atoms with E-state index in [1.807, 2.05) is 50.2 Å². The number of benzene rings is 1. The van der Waals surface area contributed by atoms with Crippen LogP contribution in [0.15, 0.2) is 65.2 Å². The van der Waals surface area contributed by atoms with Crippen LogP contribution < -0.4 is 0 Å². The Balaban J connectivity index is 1.16. The van der Waals surface area contributed by atoms with Crippen LogP contribution >= 0.6 is 11.8 Å². The van der Waals surface area contributed by atoms with Crippen LogP contribution in [0.4, 0.5) is 4.39 Å². The van der Waals surface area contributed by atoms with E-state index in [4.69, 9.17) is 14.5 Å². The number of alkyl halides is 1. The zero-order valence-corrected chi connectivity index (χ0v) is 25.5. The molecule has 2 heterocycles. The average molecular weight is 604 g/mol. The van der Waals surface area contributed by atoms with Crippen molar-refractivity contribution in [2.24, 2.45) is 22.7 Å². The van der Waals surface area contributed by atoms with Crippen LogP contribution in [0.3, 0.4) is 0 Å². The second-order valence-corrected chi connectivity index (χ2v) is 15.1. The number of carbonyl (C=O) groups excluding carboxylic acids is 2. The maximum absolute atomic E-state index is 17.7. The molecule has 5 aliphatic carbocycles. The number of carbonyl (C=O) groups is 2. The molecule has 5 fully saturated rings. The molecule has 43 heavy (non-hydrogen) atoms. The molecule has 8 atom stereocenters. The van der Waals surface area contributed by atoms with Crippen molar-refractivity contribution in [1.82, 2.24) is 4.98 Å². The first-order valence-corrected chi connectivity index (χ1v) is 16.7. The first-order valence-electron chi connectivity index (χ1n) is 15.8. The molecular weight excluding hydrogens is 565 g/mol. The largest absolute Gasteiger partial charge is 0.390 e. The zero-order valence-electron chi connectivity index (χ0n) is 24.7. The van der Waals surface area contributed by atoms with Gasteiger partial charge in [-0.2, -0.15) is 0 Å². The molecule has 1 aromatic heterocycles. The summed E-state index contributed by atoms with van der Waals surface area (Å²) in [5, 5.41) is 13.7. The standard InChI is InChI=1S/C35H38FNO5S/c1-31-16-13-23(38)17-22(31)10-11-24-25-18-29-35(42-33(41-29)14-5-6-15-33,32(25,2)19-27(39)34(24,31)36)28(40)20-43-30-12-9-21-7-3-4-8-26(21)37-30/h3-4,7-9,12-13,16-17,24-25,27,29,39H,5-6,10-11,14-15,18-20H2,1-2H3/t24?,25?,27-,29+,31?,32?,34-,35+/m0/s1. The summed E-state index contributed by atoms with van der Waals surface area (Å²) >= 11 is 1.40. The number of aliphatic hydroxyl groups excluding tert-OH is 1. The quantitative estimate of drug-likeness (QED) is 0.411. The van der Waals surface area contributed by atoms with E-state index < -0.39 is 46.0 Å². The van der Waals surface area contributed by atoms with Crippen LogP contribution in [0.2, 0.25) is 0 Å². The molecule has 1 saturated heterocycles. The summed E-state index contributed by atoms with van der Waals surface area (Å²) in [6.07, 6.45) is 7.98. The minimum atomic E-state index is -1.96. The minimum Gasteiger partial charge on any atom is -0.390 e. The van der Waals surface area contributed by atoms with E-state index in [1.165, 1.54) is 17.8 Å². The van der Waals surface area contributed by atoms with Crippen LogP contribution in [0.1, 0.15) is 65.2 Å². The molecule has 2 aromatic rings. The number of para-hydroxylation sites is 1. The Labute approximate surface area is 255 Å². The van der Waals surface area contributed by atoms with E-state index in [9.17, 15) is 14.7 Å². The highest BCUT2D eigenvalue weighted by atomic mass is 32.2. The van der Waals surface area contributed by atoms with Crippen LogP contribution in [0.5, 0.6) is 0 Å². The number of fused-ring (bicyclic) bond motifs is 8. The lowest BCUT2D eigenvalue weighted by Crippen LogP contribution is -2.70. The average Bonchev–Trinajstić information content (AvgIpc) is 3.65. The molecule has 1 N–H and O–H groups in total. The predicted octanol–water partition coefficient (Wildman–Crippen LogP) is 6.30. The number of ketones is 2. The summed E-state index contributed by atoms with van der Waals surface area (Å²) in [5.74, 6) is -1.56. The lowest BCUT2D eigenvalue weighted by molar-refractivity contribution is -0.252. The molecule has 6 nitrogen and oxygen atoms in total. The number of hydrogen-bond donors (Lipinski definition) is 1. The fourth-order valence-electron chi connectivity index (χ4n) is 10.1. The number of allylic oxidation sites excluding steroid dienone is 4. The van der Waals surface area contributed by atoms with Gasteiger partial charge in [0.15, 0.2) is 28.6 Å². The number of halogens is 1. The minimum absolute atomic E-state index is 0.0597. The summed E-state index contributed by atoms with van der Waals surface area (Å²) in [4.78, 5) is 31.7. The summed E-state index contributed by atoms with van der Waals surface area (Å²) in [5.41, 5.74) is -3.50. The van der Waals surface area contributed by atoms with Gasteiger partial charge in [-0.25, -0.2) is 9.37 Å². The molecule has 4 saturated carbocycles. The second kappa shape index (κ2) is 9.32. The maximum Gasteiger partial charge on any atom is 0.178 e. The fraction of sp³-hybridized carbons (Fsp3) is 0.571. The monoisotopic (exact) mass is 603 g/mol.